The van der Waals surface area contributed by atoms with E-state index in [1.54, 1.807) is 23.1 Å². The maximum absolute atomic E-state index is 12.9. The quantitative estimate of drug-likeness (QED) is 0.593. The van der Waals surface area contributed by atoms with E-state index < -0.39 is 17.8 Å². The van der Waals surface area contributed by atoms with Crippen LogP contribution in [0.15, 0.2) is 42.5 Å². The summed E-state index contributed by atoms with van der Waals surface area (Å²) >= 11 is 6.18. The number of ether oxygens (including phenoxy) is 2. The summed E-state index contributed by atoms with van der Waals surface area (Å²) in [5, 5.41) is 0. The molecule has 2 unspecified atom stereocenters. The summed E-state index contributed by atoms with van der Waals surface area (Å²) in [7, 11) is 1.35. The molecular weight excluding hydrogens is 366 g/mol. The lowest BCUT2D eigenvalue weighted by atomic mass is 10.0. The number of amides is 1. The van der Waals surface area contributed by atoms with Gasteiger partial charge in [-0.05, 0) is 37.6 Å². The van der Waals surface area contributed by atoms with Gasteiger partial charge in [-0.3, -0.25) is 4.79 Å². The number of halogens is 1. The normalized spacial score (nSPS) is 19.2. The zero-order chi connectivity index (χ0) is 19.6. The van der Waals surface area contributed by atoms with E-state index in [1.165, 1.54) is 7.11 Å². The average Bonchev–Trinajstić information content (AvgIpc) is 3.01. The first-order valence-electron chi connectivity index (χ1n) is 8.74. The number of carbonyl (C=O) groups excluding carboxylic acids is 2. The molecule has 1 saturated heterocycles. The molecule has 2 atom stereocenters. The Morgan fingerprint density at radius 3 is 2.48 bits per heavy atom. The molecule has 0 aromatic heterocycles. The molecule has 0 radical (unpaired) electrons. The second-order valence-corrected chi connectivity index (χ2v) is 7.17. The van der Waals surface area contributed by atoms with Gasteiger partial charge in [-0.1, -0.05) is 47.0 Å². The third-order valence-corrected chi connectivity index (χ3v) is 4.85. The molecule has 142 valence electrons. The zero-order valence-corrected chi connectivity index (χ0v) is 16.3. The van der Waals surface area contributed by atoms with Crippen LogP contribution in [0, 0.1) is 13.8 Å². The van der Waals surface area contributed by atoms with Crippen LogP contribution in [-0.2, 0) is 15.9 Å². The topological polar surface area (TPSA) is 55.8 Å². The molecule has 2 aromatic carbocycles. The zero-order valence-electron chi connectivity index (χ0n) is 15.6. The van der Waals surface area contributed by atoms with Gasteiger partial charge in [0.25, 0.3) is 5.91 Å². The number of rotatable bonds is 4. The van der Waals surface area contributed by atoms with E-state index in [2.05, 4.69) is 0 Å². The molecule has 2 aromatic rings. The highest BCUT2D eigenvalue weighted by molar-refractivity contribution is 6.20. The first-order valence-corrected chi connectivity index (χ1v) is 9.17. The Morgan fingerprint density at radius 2 is 1.81 bits per heavy atom. The predicted octanol–water partition coefficient (Wildman–Crippen LogP) is 3.70. The van der Waals surface area contributed by atoms with E-state index >= 15 is 0 Å². The van der Waals surface area contributed by atoms with Crippen molar-refractivity contribution in [3.05, 3.63) is 70.3 Å². The highest BCUT2D eigenvalue weighted by Crippen LogP contribution is 2.26. The van der Waals surface area contributed by atoms with Gasteiger partial charge in [0.2, 0.25) is 0 Å². The van der Waals surface area contributed by atoms with Crippen molar-refractivity contribution in [1.82, 2.24) is 4.90 Å². The Balaban J connectivity index is 1.87. The molecule has 1 amide bonds. The lowest BCUT2D eigenvalue weighted by Crippen LogP contribution is -2.37. The van der Waals surface area contributed by atoms with Crippen LogP contribution in [0.25, 0.3) is 0 Å². The van der Waals surface area contributed by atoms with Crippen LogP contribution in [0.3, 0.4) is 0 Å². The van der Waals surface area contributed by atoms with Crippen molar-refractivity contribution in [1.29, 1.82) is 0 Å². The molecular formula is C21H22ClNO4. The van der Waals surface area contributed by atoms with Crippen molar-refractivity contribution < 1.29 is 19.1 Å². The number of methoxy groups -OCH3 is 1. The van der Waals surface area contributed by atoms with E-state index in [4.69, 9.17) is 21.1 Å². The van der Waals surface area contributed by atoms with Crippen LogP contribution in [0.5, 0.6) is 0 Å². The Hall–Kier alpha value is -2.37. The van der Waals surface area contributed by atoms with Crippen LogP contribution in [0.1, 0.15) is 37.4 Å². The van der Waals surface area contributed by atoms with E-state index in [0.717, 1.165) is 16.7 Å². The summed E-state index contributed by atoms with van der Waals surface area (Å²) in [4.78, 5) is 26.6. The summed E-state index contributed by atoms with van der Waals surface area (Å²) in [5.74, 6) is -0.558. The summed E-state index contributed by atoms with van der Waals surface area (Å²) < 4.78 is 10.6. The molecule has 27 heavy (non-hydrogen) atoms. The van der Waals surface area contributed by atoms with Gasteiger partial charge in [-0.15, -0.1) is 0 Å². The average molecular weight is 388 g/mol. The van der Waals surface area contributed by atoms with Gasteiger partial charge in [0, 0.05) is 12.0 Å². The number of aryl methyl sites for hydroxylation is 2. The maximum atomic E-state index is 12.9. The fraction of sp³-hybridized carbons (Fsp3) is 0.333. The number of hydrogen-bond acceptors (Lipinski definition) is 4. The standard InChI is InChI=1S/C21H22ClNO4/c1-13-4-7-15(8-5-13)20(24)23-12-18(22)27-19(23)11-16-10-14(2)6-9-17(16)21(25)26-3/h4-10,18-19H,11-12H2,1-3H3. The SMILES string of the molecule is COC(=O)c1ccc(C)cc1CC1OC(Cl)CN1C(=O)c1ccc(C)cc1. The molecule has 1 aliphatic rings. The minimum absolute atomic E-state index is 0.143. The molecule has 0 N–H and O–H groups in total. The first kappa shape index (κ1) is 19.4. The minimum atomic E-state index is -0.587. The number of benzene rings is 2. The molecule has 5 nitrogen and oxygen atoms in total. The van der Waals surface area contributed by atoms with Gasteiger partial charge in [-0.25, -0.2) is 4.79 Å². The van der Waals surface area contributed by atoms with Crippen LogP contribution in [0.2, 0.25) is 0 Å². The van der Waals surface area contributed by atoms with Crippen molar-refractivity contribution in [2.45, 2.75) is 32.1 Å². The third-order valence-electron chi connectivity index (χ3n) is 4.61. The van der Waals surface area contributed by atoms with Crippen LogP contribution in [0.4, 0.5) is 0 Å². The smallest absolute Gasteiger partial charge is 0.338 e. The fourth-order valence-electron chi connectivity index (χ4n) is 3.18. The van der Waals surface area contributed by atoms with Crippen LogP contribution in [-0.4, -0.2) is 42.2 Å². The van der Waals surface area contributed by atoms with Gasteiger partial charge in [0.15, 0.2) is 5.56 Å². The molecule has 0 aliphatic carbocycles. The van der Waals surface area contributed by atoms with E-state index in [0.29, 0.717) is 17.5 Å². The Labute approximate surface area is 163 Å². The molecule has 1 fully saturated rings. The van der Waals surface area contributed by atoms with E-state index in [1.807, 2.05) is 38.1 Å². The lowest BCUT2D eigenvalue weighted by Gasteiger charge is -2.24. The molecule has 6 heteroatoms. The van der Waals surface area contributed by atoms with Gasteiger partial charge in [0.1, 0.15) is 6.23 Å². The Morgan fingerprint density at radius 1 is 1.15 bits per heavy atom. The lowest BCUT2D eigenvalue weighted by molar-refractivity contribution is 0.0215. The Kier molecular flexibility index (Phi) is 5.82. The van der Waals surface area contributed by atoms with Gasteiger partial charge in [0.05, 0.1) is 19.2 Å². The highest BCUT2D eigenvalue weighted by Gasteiger charge is 2.36. The van der Waals surface area contributed by atoms with Crippen LogP contribution < -0.4 is 0 Å². The molecule has 0 bridgehead atoms. The van der Waals surface area contributed by atoms with Crippen molar-refractivity contribution >= 4 is 23.5 Å². The third kappa shape index (κ3) is 4.31. The summed E-state index contributed by atoms with van der Waals surface area (Å²) in [5.41, 5.74) is 3.31. The largest absolute Gasteiger partial charge is 0.465 e. The van der Waals surface area contributed by atoms with Crippen LogP contribution >= 0.6 is 11.6 Å². The van der Waals surface area contributed by atoms with E-state index in [-0.39, 0.29) is 12.5 Å². The molecule has 0 spiro atoms. The number of alkyl halides is 1. The second kappa shape index (κ2) is 8.11. The van der Waals surface area contributed by atoms with E-state index in [9.17, 15) is 9.59 Å². The molecule has 1 aliphatic heterocycles. The second-order valence-electron chi connectivity index (χ2n) is 6.68. The van der Waals surface area contributed by atoms with Gasteiger partial charge in [-0.2, -0.15) is 0 Å². The molecule has 0 saturated carbocycles. The van der Waals surface area contributed by atoms with Crippen molar-refractivity contribution in [3.8, 4) is 0 Å². The van der Waals surface area contributed by atoms with Gasteiger partial charge < -0.3 is 14.4 Å². The summed E-state index contributed by atoms with van der Waals surface area (Å²) in [6.07, 6.45) is -0.195. The fourth-order valence-corrected chi connectivity index (χ4v) is 3.45. The predicted molar refractivity (Wildman–Crippen MR) is 103 cm³/mol. The van der Waals surface area contributed by atoms with Crippen molar-refractivity contribution in [2.75, 3.05) is 13.7 Å². The molecule has 3 rings (SSSR count). The van der Waals surface area contributed by atoms with Crippen molar-refractivity contribution in [3.63, 3.8) is 0 Å². The number of carbonyl (C=O) groups is 2. The Bertz CT molecular complexity index is 850. The summed E-state index contributed by atoms with van der Waals surface area (Å²) in [6.45, 7) is 4.20. The summed E-state index contributed by atoms with van der Waals surface area (Å²) in [6, 6.07) is 12.9. The number of hydrogen-bond donors (Lipinski definition) is 0. The highest BCUT2D eigenvalue weighted by atomic mass is 35.5. The van der Waals surface area contributed by atoms with Gasteiger partial charge >= 0.3 is 5.97 Å². The first-order chi connectivity index (χ1) is 12.9. The maximum Gasteiger partial charge on any atom is 0.338 e. The monoisotopic (exact) mass is 387 g/mol. The number of nitrogens with zero attached hydrogens (tertiary/aromatic N) is 1. The molecule has 1 heterocycles. The van der Waals surface area contributed by atoms with Crippen molar-refractivity contribution in [2.24, 2.45) is 0 Å². The minimum Gasteiger partial charge on any atom is -0.465 e. The number of esters is 1.